The van der Waals surface area contributed by atoms with Gasteiger partial charge in [-0.15, -0.1) is 0 Å². The zero-order valence-corrected chi connectivity index (χ0v) is 20.4. The van der Waals surface area contributed by atoms with E-state index < -0.39 is 6.10 Å². The van der Waals surface area contributed by atoms with Crippen LogP contribution in [0, 0.1) is 5.41 Å². The van der Waals surface area contributed by atoms with Gasteiger partial charge in [0.25, 0.3) is 0 Å². The fourth-order valence-corrected chi connectivity index (χ4v) is 2.92. The molecule has 0 radical (unpaired) electrons. The highest BCUT2D eigenvalue weighted by Gasteiger charge is 2.25. The number of epoxide rings is 2. The molecule has 186 valence electrons. The lowest BCUT2D eigenvalue weighted by Gasteiger charge is -2.24. The van der Waals surface area contributed by atoms with Crippen LogP contribution in [0.5, 0.6) is 0 Å². The SMILES string of the molecule is C1CCCCC1.CCOCC(O)COCC(C)(C)COCC1CO1.CCOCC1CO1. The lowest BCUT2D eigenvalue weighted by Crippen LogP contribution is -2.30. The van der Waals surface area contributed by atoms with Crippen molar-refractivity contribution < 1.29 is 33.5 Å². The summed E-state index contributed by atoms with van der Waals surface area (Å²) in [5.74, 6) is 0. The quantitative estimate of drug-likeness (QED) is 0.407. The molecule has 3 aliphatic rings. The summed E-state index contributed by atoms with van der Waals surface area (Å²) in [6, 6.07) is 0. The van der Waals surface area contributed by atoms with Gasteiger partial charge in [-0.3, -0.25) is 0 Å². The Hall–Kier alpha value is -0.280. The van der Waals surface area contributed by atoms with E-state index in [4.69, 9.17) is 28.4 Å². The Bertz CT molecular complexity index is 382. The highest BCUT2D eigenvalue weighted by Crippen LogP contribution is 2.18. The van der Waals surface area contributed by atoms with Crippen LogP contribution in [0.2, 0.25) is 0 Å². The summed E-state index contributed by atoms with van der Waals surface area (Å²) in [5.41, 5.74) is -0.0553. The normalized spacial score (nSPS) is 23.1. The molecule has 0 aromatic carbocycles. The molecule has 2 heterocycles. The van der Waals surface area contributed by atoms with Gasteiger partial charge in [-0.1, -0.05) is 52.4 Å². The molecule has 1 saturated carbocycles. The van der Waals surface area contributed by atoms with E-state index in [1.54, 1.807) is 0 Å². The number of aliphatic hydroxyl groups excluding tert-OH is 1. The van der Waals surface area contributed by atoms with Crippen molar-refractivity contribution in [2.24, 2.45) is 5.41 Å². The van der Waals surface area contributed by atoms with Crippen molar-refractivity contribution in [2.45, 2.75) is 84.5 Å². The van der Waals surface area contributed by atoms with Crippen molar-refractivity contribution in [1.82, 2.24) is 0 Å². The molecule has 2 saturated heterocycles. The van der Waals surface area contributed by atoms with E-state index in [9.17, 15) is 5.11 Å². The second-order valence-corrected chi connectivity index (χ2v) is 9.20. The van der Waals surface area contributed by atoms with E-state index in [2.05, 4.69) is 13.8 Å². The van der Waals surface area contributed by atoms with E-state index in [1.165, 1.54) is 38.5 Å². The third-order valence-corrected chi connectivity index (χ3v) is 4.93. The van der Waals surface area contributed by atoms with Gasteiger partial charge in [-0.2, -0.15) is 0 Å². The first kappa shape index (κ1) is 28.8. The molecule has 3 fully saturated rings. The van der Waals surface area contributed by atoms with Gasteiger partial charge < -0.3 is 33.5 Å². The van der Waals surface area contributed by atoms with Crippen LogP contribution in [-0.4, -0.2) is 89.5 Å². The predicted molar refractivity (Wildman–Crippen MR) is 122 cm³/mol. The van der Waals surface area contributed by atoms with Gasteiger partial charge in [-0.25, -0.2) is 0 Å². The van der Waals surface area contributed by atoms with Crippen molar-refractivity contribution in [3.05, 3.63) is 0 Å². The van der Waals surface area contributed by atoms with Gasteiger partial charge in [0, 0.05) is 18.6 Å². The molecule has 1 N–H and O–H groups in total. The van der Waals surface area contributed by atoms with E-state index >= 15 is 0 Å². The summed E-state index contributed by atoms with van der Waals surface area (Å²) in [5, 5.41) is 9.54. The first-order chi connectivity index (χ1) is 15.0. The van der Waals surface area contributed by atoms with Crippen LogP contribution >= 0.6 is 0 Å². The van der Waals surface area contributed by atoms with E-state index in [1.807, 2.05) is 13.8 Å². The molecule has 0 aromatic rings. The molecule has 0 bridgehead atoms. The molecule has 3 rings (SSSR count). The number of aliphatic hydroxyl groups is 1. The average molecular weight is 449 g/mol. The summed E-state index contributed by atoms with van der Waals surface area (Å²) in [6.45, 7) is 14.5. The number of hydrogen-bond acceptors (Lipinski definition) is 7. The van der Waals surface area contributed by atoms with Crippen molar-refractivity contribution >= 4 is 0 Å². The highest BCUT2D eigenvalue weighted by molar-refractivity contribution is 4.71. The first-order valence-corrected chi connectivity index (χ1v) is 12.2. The van der Waals surface area contributed by atoms with Crippen LogP contribution in [0.1, 0.15) is 66.2 Å². The lowest BCUT2D eigenvalue weighted by atomic mass is 9.96. The Labute approximate surface area is 190 Å². The van der Waals surface area contributed by atoms with Crippen molar-refractivity contribution in [3.63, 3.8) is 0 Å². The van der Waals surface area contributed by atoms with E-state index in [-0.39, 0.29) is 5.41 Å². The van der Waals surface area contributed by atoms with Gasteiger partial charge in [-0.05, 0) is 13.8 Å². The summed E-state index contributed by atoms with van der Waals surface area (Å²) >= 11 is 0. The van der Waals surface area contributed by atoms with Crippen molar-refractivity contribution in [2.75, 3.05) is 66.1 Å². The number of ether oxygens (including phenoxy) is 6. The largest absolute Gasteiger partial charge is 0.388 e. The highest BCUT2D eigenvalue weighted by atomic mass is 16.6. The molecule has 1 aliphatic carbocycles. The fourth-order valence-electron chi connectivity index (χ4n) is 2.92. The Kier molecular flexibility index (Phi) is 16.9. The van der Waals surface area contributed by atoms with E-state index in [0.717, 1.165) is 26.4 Å². The van der Waals surface area contributed by atoms with Crippen LogP contribution < -0.4 is 0 Å². The smallest absolute Gasteiger partial charge is 0.104 e. The lowest BCUT2D eigenvalue weighted by molar-refractivity contribution is -0.0513. The Balaban J connectivity index is 0.000000297. The Morgan fingerprint density at radius 3 is 1.61 bits per heavy atom. The van der Waals surface area contributed by atoms with Crippen molar-refractivity contribution in [3.8, 4) is 0 Å². The molecule has 3 atom stereocenters. The first-order valence-electron chi connectivity index (χ1n) is 12.2. The number of hydrogen-bond donors (Lipinski definition) is 1. The Morgan fingerprint density at radius 1 is 0.742 bits per heavy atom. The molecule has 0 aromatic heterocycles. The topological polar surface area (TPSA) is 82.2 Å². The number of rotatable bonds is 14. The summed E-state index contributed by atoms with van der Waals surface area (Å²) in [4.78, 5) is 0. The molecule has 0 amide bonds. The maximum atomic E-state index is 9.54. The minimum absolute atomic E-state index is 0.0553. The second kappa shape index (κ2) is 18.2. The minimum Gasteiger partial charge on any atom is -0.388 e. The van der Waals surface area contributed by atoms with Crippen molar-refractivity contribution in [1.29, 1.82) is 0 Å². The third-order valence-electron chi connectivity index (χ3n) is 4.93. The van der Waals surface area contributed by atoms with Crippen LogP contribution in [0.15, 0.2) is 0 Å². The van der Waals surface area contributed by atoms with Gasteiger partial charge in [0.1, 0.15) is 18.3 Å². The third kappa shape index (κ3) is 20.1. The molecule has 7 heteroatoms. The van der Waals surface area contributed by atoms with Crippen LogP contribution in [0.3, 0.4) is 0 Å². The van der Waals surface area contributed by atoms with Gasteiger partial charge >= 0.3 is 0 Å². The molecular formula is C24H48O7. The second-order valence-electron chi connectivity index (χ2n) is 9.20. The Morgan fingerprint density at radius 2 is 1.16 bits per heavy atom. The molecule has 7 nitrogen and oxygen atoms in total. The standard InChI is InChI=1S/C13H26O5.C6H12.C5H10O2/c1-4-15-5-11(14)6-16-9-13(2,3)10-17-7-12-8-18-12;1-2-4-6-5-3-1;1-2-6-3-5-4-7-5/h11-12,14H,4-10H2,1-3H3;1-6H2;5H,2-4H2,1H3. The zero-order chi connectivity index (χ0) is 22.8. The predicted octanol–water partition coefficient (Wildman–Crippen LogP) is 3.60. The molecule has 2 aliphatic heterocycles. The maximum Gasteiger partial charge on any atom is 0.104 e. The van der Waals surface area contributed by atoms with Gasteiger partial charge in [0.2, 0.25) is 0 Å². The molecule has 31 heavy (non-hydrogen) atoms. The maximum absolute atomic E-state index is 9.54. The van der Waals surface area contributed by atoms with Gasteiger partial charge in [0.15, 0.2) is 0 Å². The van der Waals surface area contributed by atoms with Crippen LogP contribution in [0.4, 0.5) is 0 Å². The van der Waals surface area contributed by atoms with Crippen LogP contribution in [-0.2, 0) is 28.4 Å². The van der Waals surface area contributed by atoms with Crippen LogP contribution in [0.25, 0.3) is 0 Å². The molecule has 3 unspecified atom stereocenters. The monoisotopic (exact) mass is 448 g/mol. The molecular weight excluding hydrogens is 400 g/mol. The van der Waals surface area contributed by atoms with E-state index in [0.29, 0.717) is 51.8 Å². The zero-order valence-electron chi connectivity index (χ0n) is 20.4. The summed E-state index contributed by atoms with van der Waals surface area (Å²) in [6.07, 6.45) is 9.18. The summed E-state index contributed by atoms with van der Waals surface area (Å²) in [7, 11) is 0. The van der Waals surface area contributed by atoms with Gasteiger partial charge in [0.05, 0.1) is 52.9 Å². The fraction of sp³-hybridized carbons (Fsp3) is 1.00. The minimum atomic E-state index is -0.554. The molecule has 0 spiro atoms. The summed E-state index contributed by atoms with van der Waals surface area (Å²) < 4.78 is 31.1. The average Bonchev–Trinajstić information content (AvgIpc) is 3.68.